The minimum Gasteiger partial charge on any atom is -0.506 e. The van der Waals surface area contributed by atoms with Crippen LogP contribution in [0.15, 0.2) is 24.3 Å². The molecule has 1 fully saturated rings. The van der Waals surface area contributed by atoms with Gasteiger partial charge in [-0.15, -0.1) is 0 Å². The number of hydrogen-bond acceptors (Lipinski definition) is 3. The molecule has 1 heterocycles. The summed E-state index contributed by atoms with van der Waals surface area (Å²) in [6.07, 6.45) is -0.490. The van der Waals surface area contributed by atoms with Crippen molar-refractivity contribution in [2.45, 2.75) is 12.5 Å². The number of aromatic hydroxyl groups is 1. The largest absolute Gasteiger partial charge is 0.506 e. The number of phenols is 1. The minimum atomic E-state index is -0.623. The van der Waals surface area contributed by atoms with Crippen molar-refractivity contribution in [2.75, 3.05) is 11.4 Å². The van der Waals surface area contributed by atoms with Gasteiger partial charge in [0, 0.05) is 0 Å². The van der Waals surface area contributed by atoms with Crippen LogP contribution in [-0.4, -0.2) is 28.8 Å². The van der Waals surface area contributed by atoms with Crippen LogP contribution in [0.1, 0.15) is 6.42 Å². The molecule has 2 N–H and O–H groups in total. The Morgan fingerprint density at radius 1 is 1.36 bits per heavy atom. The summed E-state index contributed by atoms with van der Waals surface area (Å²) >= 11 is 0. The van der Waals surface area contributed by atoms with Crippen molar-refractivity contribution >= 4 is 11.6 Å². The van der Waals surface area contributed by atoms with Crippen LogP contribution >= 0.6 is 0 Å². The standard InChI is InChI=1S/C10H11NO3/c12-7-5-10(14)11(6-7)8-3-1-2-4-9(8)13/h1-4,7,12-13H,5-6H2. The van der Waals surface area contributed by atoms with Gasteiger partial charge in [-0.1, -0.05) is 12.1 Å². The van der Waals surface area contributed by atoms with Gasteiger partial charge in [0.1, 0.15) is 5.75 Å². The van der Waals surface area contributed by atoms with Crippen LogP contribution in [-0.2, 0) is 4.79 Å². The smallest absolute Gasteiger partial charge is 0.229 e. The van der Waals surface area contributed by atoms with Crippen molar-refractivity contribution < 1.29 is 15.0 Å². The fourth-order valence-corrected chi connectivity index (χ4v) is 1.61. The Bertz CT molecular complexity index is 364. The molecule has 4 heteroatoms. The average molecular weight is 193 g/mol. The predicted molar refractivity (Wildman–Crippen MR) is 51.1 cm³/mol. The third kappa shape index (κ3) is 1.44. The lowest BCUT2D eigenvalue weighted by atomic mass is 10.2. The molecule has 1 aromatic carbocycles. The second-order valence-electron chi connectivity index (χ2n) is 3.35. The van der Waals surface area contributed by atoms with Gasteiger partial charge in [0.2, 0.25) is 5.91 Å². The maximum absolute atomic E-state index is 11.4. The number of nitrogens with zero attached hydrogens (tertiary/aromatic N) is 1. The van der Waals surface area contributed by atoms with E-state index in [0.29, 0.717) is 5.69 Å². The molecule has 4 nitrogen and oxygen atoms in total. The second-order valence-corrected chi connectivity index (χ2v) is 3.35. The lowest BCUT2D eigenvalue weighted by Crippen LogP contribution is -2.25. The number of anilines is 1. The van der Waals surface area contributed by atoms with Crippen molar-refractivity contribution in [3.63, 3.8) is 0 Å². The Morgan fingerprint density at radius 3 is 2.64 bits per heavy atom. The van der Waals surface area contributed by atoms with Crippen LogP contribution in [0.4, 0.5) is 5.69 Å². The van der Waals surface area contributed by atoms with Gasteiger partial charge in [-0.05, 0) is 12.1 Å². The van der Waals surface area contributed by atoms with E-state index in [1.54, 1.807) is 18.2 Å². The predicted octanol–water partition coefficient (Wildman–Crippen LogP) is 0.490. The SMILES string of the molecule is O=C1CC(O)CN1c1ccccc1O. The summed E-state index contributed by atoms with van der Waals surface area (Å²) in [5, 5.41) is 18.8. The number of aliphatic hydroxyl groups is 1. The number of rotatable bonds is 1. The molecule has 1 unspecified atom stereocenters. The topological polar surface area (TPSA) is 60.8 Å². The lowest BCUT2D eigenvalue weighted by Gasteiger charge is -2.16. The highest BCUT2D eigenvalue weighted by atomic mass is 16.3. The number of para-hydroxylation sites is 2. The zero-order chi connectivity index (χ0) is 10.1. The zero-order valence-electron chi connectivity index (χ0n) is 7.55. The normalized spacial score (nSPS) is 21.6. The van der Waals surface area contributed by atoms with Crippen molar-refractivity contribution in [1.29, 1.82) is 0 Å². The number of benzene rings is 1. The first kappa shape index (κ1) is 9.02. The highest BCUT2D eigenvalue weighted by Crippen LogP contribution is 2.29. The molecule has 1 atom stereocenters. The monoisotopic (exact) mass is 193 g/mol. The van der Waals surface area contributed by atoms with Gasteiger partial charge in [-0.3, -0.25) is 4.79 Å². The van der Waals surface area contributed by atoms with Crippen LogP contribution in [0.25, 0.3) is 0 Å². The summed E-state index contributed by atoms with van der Waals surface area (Å²) in [5.74, 6) is -0.0889. The lowest BCUT2D eigenvalue weighted by molar-refractivity contribution is -0.117. The van der Waals surface area contributed by atoms with Crippen LogP contribution in [0.3, 0.4) is 0 Å². The molecule has 1 aromatic rings. The maximum Gasteiger partial charge on any atom is 0.229 e. The fourth-order valence-electron chi connectivity index (χ4n) is 1.61. The van der Waals surface area contributed by atoms with E-state index >= 15 is 0 Å². The first-order valence-corrected chi connectivity index (χ1v) is 4.45. The highest BCUT2D eigenvalue weighted by molar-refractivity contribution is 5.97. The van der Waals surface area contributed by atoms with Crippen LogP contribution in [0.5, 0.6) is 5.75 Å². The molecule has 0 spiro atoms. The Kier molecular flexibility index (Phi) is 2.13. The first-order chi connectivity index (χ1) is 6.68. The number of β-amino-alcohol motifs (C(OH)–C–C–N with tert-alkyl or cyclic N) is 1. The van der Waals surface area contributed by atoms with Crippen LogP contribution in [0, 0.1) is 0 Å². The van der Waals surface area contributed by atoms with Crippen molar-refractivity contribution in [2.24, 2.45) is 0 Å². The molecular weight excluding hydrogens is 182 g/mol. The second kappa shape index (κ2) is 3.31. The molecular formula is C10H11NO3. The van der Waals surface area contributed by atoms with E-state index in [1.807, 2.05) is 0 Å². The Morgan fingerprint density at radius 2 is 2.07 bits per heavy atom. The van der Waals surface area contributed by atoms with Gasteiger partial charge >= 0.3 is 0 Å². The third-order valence-corrected chi connectivity index (χ3v) is 2.28. The zero-order valence-corrected chi connectivity index (χ0v) is 7.55. The summed E-state index contributed by atoms with van der Waals surface area (Å²) in [6.45, 7) is 0.260. The van der Waals surface area contributed by atoms with Gasteiger partial charge in [0.25, 0.3) is 0 Å². The molecule has 0 saturated carbocycles. The Labute approximate surface area is 81.4 Å². The number of phenolic OH excluding ortho intramolecular Hbond substituents is 1. The van der Waals surface area contributed by atoms with Gasteiger partial charge in [-0.25, -0.2) is 0 Å². The average Bonchev–Trinajstić information content (AvgIpc) is 2.46. The quantitative estimate of drug-likeness (QED) is 0.682. The van der Waals surface area contributed by atoms with Gasteiger partial charge < -0.3 is 15.1 Å². The number of aliphatic hydroxyl groups excluding tert-OH is 1. The molecule has 2 rings (SSSR count). The summed E-state index contributed by atoms with van der Waals surface area (Å²) < 4.78 is 0. The molecule has 0 radical (unpaired) electrons. The van der Waals surface area contributed by atoms with Crippen molar-refractivity contribution in [3.8, 4) is 5.75 Å². The van der Waals surface area contributed by atoms with Crippen LogP contribution < -0.4 is 4.90 Å². The van der Waals surface area contributed by atoms with Gasteiger partial charge in [0.05, 0.1) is 24.8 Å². The summed E-state index contributed by atoms with van der Waals surface area (Å²) in [7, 11) is 0. The van der Waals surface area contributed by atoms with Gasteiger partial charge in [-0.2, -0.15) is 0 Å². The maximum atomic E-state index is 11.4. The molecule has 1 aliphatic rings. The number of hydrogen-bond donors (Lipinski definition) is 2. The first-order valence-electron chi connectivity index (χ1n) is 4.45. The van der Waals surface area contributed by atoms with E-state index in [1.165, 1.54) is 11.0 Å². The highest BCUT2D eigenvalue weighted by Gasteiger charge is 2.30. The Balaban J connectivity index is 2.32. The van der Waals surface area contributed by atoms with E-state index in [9.17, 15) is 15.0 Å². The summed E-state index contributed by atoms with van der Waals surface area (Å²) in [5.41, 5.74) is 0.467. The number of amides is 1. The van der Waals surface area contributed by atoms with Crippen molar-refractivity contribution in [1.82, 2.24) is 0 Å². The van der Waals surface area contributed by atoms with E-state index in [-0.39, 0.29) is 24.6 Å². The molecule has 14 heavy (non-hydrogen) atoms. The summed E-state index contributed by atoms with van der Waals surface area (Å²) in [6, 6.07) is 6.61. The van der Waals surface area contributed by atoms with E-state index in [0.717, 1.165) is 0 Å². The van der Waals surface area contributed by atoms with E-state index in [2.05, 4.69) is 0 Å². The molecule has 1 amide bonds. The molecule has 0 bridgehead atoms. The number of carbonyl (C=O) groups is 1. The van der Waals surface area contributed by atoms with Crippen LogP contribution in [0.2, 0.25) is 0 Å². The van der Waals surface area contributed by atoms with Gasteiger partial charge in [0.15, 0.2) is 0 Å². The molecule has 0 aromatic heterocycles. The fraction of sp³-hybridized carbons (Fsp3) is 0.300. The summed E-state index contributed by atoms with van der Waals surface area (Å²) in [4.78, 5) is 12.8. The van der Waals surface area contributed by atoms with Crippen molar-refractivity contribution in [3.05, 3.63) is 24.3 Å². The Hall–Kier alpha value is -1.55. The molecule has 1 aliphatic heterocycles. The molecule has 74 valence electrons. The van der Waals surface area contributed by atoms with E-state index in [4.69, 9.17) is 0 Å². The molecule has 0 aliphatic carbocycles. The number of carbonyl (C=O) groups excluding carboxylic acids is 1. The van der Waals surface area contributed by atoms with E-state index < -0.39 is 6.10 Å². The molecule has 1 saturated heterocycles. The third-order valence-electron chi connectivity index (χ3n) is 2.28. The minimum absolute atomic E-state index is 0.0648.